The minimum atomic E-state index is -3.36. The minimum Gasteiger partial charge on any atom is -0.371 e. The first-order valence-corrected chi connectivity index (χ1v) is 4.90. The summed E-state index contributed by atoms with van der Waals surface area (Å²) in [6.45, 7) is 0. The molecular weight excluding hydrogens is 174 g/mol. The maximum Gasteiger partial charge on any atom is 0.209 e. The lowest BCUT2D eigenvalue weighted by atomic mass is 10.5. The summed E-state index contributed by atoms with van der Waals surface area (Å²) in [4.78, 5) is 0. The van der Waals surface area contributed by atoms with Crippen LogP contribution in [-0.4, -0.2) is 26.7 Å². The average molecular weight is 185 g/mol. The zero-order valence-electron chi connectivity index (χ0n) is 5.65. The van der Waals surface area contributed by atoms with Gasteiger partial charge in [0.1, 0.15) is 5.44 Å². The molecule has 0 aliphatic rings. The van der Waals surface area contributed by atoms with E-state index in [1.54, 1.807) is 0 Å². The summed E-state index contributed by atoms with van der Waals surface area (Å²) in [6, 6.07) is 0. The highest BCUT2D eigenvalue weighted by Crippen LogP contribution is 2.01. The van der Waals surface area contributed by atoms with Crippen LogP contribution in [-0.2, 0) is 14.8 Å². The number of ether oxygens (including phenoxy) is 1. The van der Waals surface area contributed by atoms with Gasteiger partial charge in [0.15, 0.2) is 0 Å². The maximum absolute atomic E-state index is 10.3. The molecule has 0 bridgehead atoms. The molecule has 0 spiro atoms. The number of methoxy groups -OCH3 is 1. The van der Waals surface area contributed by atoms with E-state index in [0.717, 1.165) is 0 Å². The lowest BCUT2D eigenvalue weighted by molar-refractivity contribution is 0.172. The topological polar surface area (TPSA) is 69.4 Å². The summed E-state index contributed by atoms with van der Waals surface area (Å²) in [6.07, 6.45) is 0.318. The first-order chi connectivity index (χ1) is 4.45. The van der Waals surface area contributed by atoms with Crippen LogP contribution >= 0.6 is 12.6 Å². The van der Waals surface area contributed by atoms with Crippen LogP contribution in [0.4, 0.5) is 0 Å². The second-order valence-electron chi connectivity index (χ2n) is 1.85. The second kappa shape index (κ2) is 4.17. The molecule has 0 aliphatic heterocycles. The highest BCUT2D eigenvalue weighted by atomic mass is 32.2. The second-order valence-corrected chi connectivity index (χ2v) is 4.16. The molecule has 0 radical (unpaired) electrons. The lowest BCUT2D eigenvalue weighted by Gasteiger charge is -2.05. The molecule has 0 aromatic carbocycles. The molecule has 0 aromatic rings. The third kappa shape index (κ3) is 6.34. The summed E-state index contributed by atoms with van der Waals surface area (Å²) in [7, 11) is -1.90. The lowest BCUT2D eigenvalue weighted by Crippen LogP contribution is -2.19. The SMILES string of the molecule is COC(S)CCS(N)(=O)=O. The standard InChI is InChI=1S/C4H11NO3S2/c1-8-4(9)2-3-10(5,6)7/h4,9H,2-3H2,1H3,(H2,5,6,7). The molecule has 0 fully saturated rings. The fourth-order valence-electron chi connectivity index (χ4n) is 0.383. The Kier molecular flexibility index (Phi) is 4.26. The molecule has 0 amide bonds. The number of primary sulfonamides is 1. The van der Waals surface area contributed by atoms with E-state index in [-0.39, 0.29) is 11.2 Å². The minimum absolute atomic E-state index is 0.0883. The van der Waals surface area contributed by atoms with Crippen LogP contribution in [0.3, 0.4) is 0 Å². The van der Waals surface area contributed by atoms with Crippen molar-refractivity contribution in [1.29, 1.82) is 0 Å². The van der Waals surface area contributed by atoms with Crippen molar-refractivity contribution in [1.82, 2.24) is 0 Å². The summed E-state index contributed by atoms with van der Waals surface area (Å²) >= 11 is 3.90. The van der Waals surface area contributed by atoms with Gasteiger partial charge < -0.3 is 4.74 Å². The number of sulfonamides is 1. The number of rotatable bonds is 4. The van der Waals surface area contributed by atoms with E-state index in [9.17, 15) is 8.42 Å². The first-order valence-electron chi connectivity index (χ1n) is 2.67. The van der Waals surface area contributed by atoms with E-state index < -0.39 is 10.0 Å². The van der Waals surface area contributed by atoms with E-state index in [4.69, 9.17) is 5.14 Å². The molecule has 0 saturated carbocycles. The predicted molar refractivity (Wildman–Crippen MR) is 42.4 cm³/mol. The van der Waals surface area contributed by atoms with Crippen LogP contribution in [0.2, 0.25) is 0 Å². The molecule has 1 atom stereocenters. The normalized spacial score (nSPS) is 15.1. The highest BCUT2D eigenvalue weighted by Gasteiger charge is 2.06. The number of hydrogen-bond donors (Lipinski definition) is 2. The summed E-state index contributed by atoms with van der Waals surface area (Å²) in [5, 5.41) is 4.72. The van der Waals surface area contributed by atoms with Crippen LogP contribution in [0.25, 0.3) is 0 Å². The fourth-order valence-corrected chi connectivity index (χ4v) is 1.23. The van der Waals surface area contributed by atoms with Crippen molar-refractivity contribution in [3.63, 3.8) is 0 Å². The third-order valence-corrected chi connectivity index (χ3v) is 2.20. The molecule has 1 unspecified atom stereocenters. The van der Waals surface area contributed by atoms with Crippen LogP contribution in [0.15, 0.2) is 0 Å². The molecule has 62 valence electrons. The summed E-state index contributed by atoms with van der Waals surface area (Å²) in [5.74, 6) is -0.0883. The van der Waals surface area contributed by atoms with Gasteiger partial charge in [-0.25, -0.2) is 13.6 Å². The Bertz CT molecular complexity index is 177. The van der Waals surface area contributed by atoms with E-state index in [2.05, 4.69) is 17.4 Å². The van der Waals surface area contributed by atoms with E-state index >= 15 is 0 Å². The predicted octanol–water partition coefficient (Wildman–Crippen LogP) is -0.433. The molecule has 6 heteroatoms. The van der Waals surface area contributed by atoms with Crippen molar-refractivity contribution in [2.75, 3.05) is 12.9 Å². The zero-order valence-corrected chi connectivity index (χ0v) is 7.36. The number of thiol groups is 1. The first kappa shape index (κ1) is 10.2. The maximum atomic E-state index is 10.3. The van der Waals surface area contributed by atoms with Gasteiger partial charge in [0.25, 0.3) is 0 Å². The molecule has 10 heavy (non-hydrogen) atoms. The van der Waals surface area contributed by atoms with Gasteiger partial charge in [0.2, 0.25) is 10.0 Å². The van der Waals surface area contributed by atoms with Crippen molar-refractivity contribution >= 4 is 22.7 Å². The Morgan fingerprint density at radius 3 is 2.50 bits per heavy atom. The fraction of sp³-hybridized carbons (Fsp3) is 1.00. The van der Waals surface area contributed by atoms with Gasteiger partial charge in [0.05, 0.1) is 5.75 Å². The third-order valence-electron chi connectivity index (χ3n) is 0.921. The van der Waals surface area contributed by atoms with Crippen LogP contribution in [0, 0.1) is 0 Å². The smallest absolute Gasteiger partial charge is 0.209 e. The Labute approximate surface area is 66.2 Å². The van der Waals surface area contributed by atoms with Crippen LogP contribution in [0.5, 0.6) is 0 Å². The van der Waals surface area contributed by atoms with Crippen molar-refractivity contribution in [3.8, 4) is 0 Å². The van der Waals surface area contributed by atoms with Gasteiger partial charge in [-0.05, 0) is 6.42 Å². The van der Waals surface area contributed by atoms with Gasteiger partial charge >= 0.3 is 0 Å². The number of nitrogens with two attached hydrogens (primary N) is 1. The molecule has 0 aromatic heterocycles. The summed E-state index contributed by atoms with van der Waals surface area (Å²) in [5.41, 5.74) is -0.349. The Morgan fingerprint density at radius 2 is 2.20 bits per heavy atom. The van der Waals surface area contributed by atoms with Crippen LogP contribution < -0.4 is 5.14 Å². The van der Waals surface area contributed by atoms with Gasteiger partial charge in [0, 0.05) is 7.11 Å². The van der Waals surface area contributed by atoms with Crippen molar-refractivity contribution in [2.24, 2.45) is 5.14 Å². The van der Waals surface area contributed by atoms with Crippen molar-refractivity contribution < 1.29 is 13.2 Å². The van der Waals surface area contributed by atoms with Gasteiger partial charge in [-0.3, -0.25) is 0 Å². The number of hydrogen-bond acceptors (Lipinski definition) is 4. The van der Waals surface area contributed by atoms with E-state index in [1.807, 2.05) is 0 Å². The van der Waals surface area contributed by atoms with Gasteiger partial charge in [-0.1, -0.05) is 0 Å². The Balaban J connectivity index is 3.56. The van der Waals surface area contributed by atoms with E-state index in [0.29, 0.717) is 6.42 Å². The largest absolute Gasteiger partial charge is 0.371 e. The van der Waals surface area contributed by atoms with Crippen molar-refractivity contribution in [3.05, 3.63) is 0 Å². The Morgan fingerprint density at radius 1 is 1.70 bits per heavy atom. The van der Waals surface area contributed by atoms with Gasteiger partial charge in [-0.15, -0.1) is 12.6 Å². The molecule has 0 saturated heterocycles. The quantitative estimate of drug-likeness (QED) is 0.461. The molecule has 0 aliphatic carbocycles. The van der Waals surface area contributed by atoms with Gasteiger partial charge in [-0.2, -0.15) is 0 Å². The molecule has 0 rings (SSSR count). The molecule has 4 nitrogen and oxygen atoms in total. The highest BCUT2D eigenvalue weighted by molar-refractivity contribution is 7.89. The van der Waals surface area contributed by atoms with Crippen LogP contribution in [0.1, 0.15) is 6.42 Å². The molecule has 0 heterocycles. The molecular formula is C4H11NO3S2. The zero-order chi connectivity index (χ0) is 8.20. The average Bonchev–Trinajstić information content (AvgIpc) is 1.81. The van der Waals surface area contributed by atoms with E-state index in [1.165, 1.54) is 7.11 Å². The Hall–Kier alpha value is 0.220. The molecule has 2 N–H and O–H groups in total. The monoisotopic (exact) mass is 185 g/mol. The summed E-state index contributed by atoms with van der Waals surface area (Å²) < 4.78 is 25.4. The van der Waals surface area contributed by atoms with Crippen molar-refractivity contribution in [2.45, 2.75) is 11.9 Å².